The molecule has 0 fully saturated rings. The summed E-state index contributed by atoms with van der Waals surface area (Å²) in [4.78, 5) is 0. The molecule has 19 heavy (non-hydrogen) atoms. The molecule has 0 aromatic heterocycles. The molecule has 0 saturated heterocycles. The first-order valence-corrected chi connectivity index (χ1v) is 8.75. The van der Waals surface area contributed by atoms with E-state index in [2.05, 4.69) is 62.1 Å². The number of nitrogens with one attached hydrogen (secondary N) is 1. The van der Waals surface area contributed by atoms with Gasteiger partial charge < -0.3 is 5.32 Å². The van der Waals surface area contributed by atoms with Gasteiger partial charge in [-0.05, 0) is 62.3 Å². The van der Waals surface area contributed by atoms with Gasteiger partial charge in [0.25, 0.3) is 0 Å². The molecule has 0 heterocycles. The number of hydrogen-bond acceptors (Lipinski definition) is 2. The number of thioether (sulfide) groups is 1. The van der Waals surface area contributed by atoms with Gasteiger partial charge in [-0.1, -0.05) is 43.7 Å². The zero-order valence-corrected chi connectivity index (χ0v) is 13.6. The van der Waals surface area contributed by atoms with E-state index in [4.69, 9.17) is 0 Å². The lowest BCUT2D eigenvalue weighted by atomic mass is 9.94. The van der Waals surface area contributed by atoms with Gasteiger partial charge in [-0.3, -0.25) is 0 Å². The van der Waals surface area contributed by atoms with E-state index in [0.29, 0.717) is 0 Å². The highest BCUT2D eigenvalue weighted by Gasteiger charge is 2.09. The van der Waals surface area contributed by atoms with Crippen LogP contribution in [0.3, 0.4) is 0 Å². The largest absolute Gasteiger partial charge is 0.317 e. The summed E-state index contributed by atoms with van der Waals surface area (Å²) in [7, 11) is 0. The quantitative estimate of drug-likeness (QED) is 0.641. The van der Waals surface area contributed by atoms with E-state index in [9.17, 15) is 0 Å². The summed E-state index contributed by atoms with van der Waals surface area (Å²) < 4.78 is 0. The zero-order chi connectivity index (χ0) is 13.9. The fourth-order valence-corrected chi connectivity index (χ4v) is 3.08. The van der Waals surface area contributed by atoms with Gasteiger partial charge in [0.15, 0.2) is 0 Å². The van der Waals surface area contributed by atoms with E-state index in [0.717, 1.165) is 19.0 Å². The van der Waals surface area contributed by atoms with Gasteiger partial charge in [-0.15, -0.1) is 0 Å². The van der Waals surface area contributed by atoms with Gasteiger partial charge in [-0.2, -0.15) is 11.8 Å². The molecule has 1 atom stereocenters. The maximum Gasteiger partial charge on any atom is -0.00174 e. The van der Waals surface area contributed by atoms with E-state index in [1.54, 1.807) is 0 Å². The predicted octanol–water partition coefficient (Wildman–Crippen LogP) is 4.30. The molecule has 0 spiro atoms. The lowest BCUT2D eigenvalue weighted by molar-refractivity contribution is 0.446. The third kappa shape index (κ3) is 7.64. The second-order valence-corrected chi connectivity index (χ2v) is 6.60. The second kappa shape index (κ2) is 10.3. The van der Waals surface area contributed by atoms with Gasteiger partial charge >= 0.3 is 0 Å². The van der Waals surface area contributed by atoms with Gasteiger partial charge in [0.05, 0.1) is 0 Å². The molecule has 1 aromatic rings. The van der Waals surface area contributed by atoms with Crippen molar-refractivity contribution in [3.05, 3.63) is 35.4 Å². The Labute approximate surface area is 123 Å². The summed E-state index contributed by atoms with van der Waals surface area (Å²) in [5, 5.41) is 3.52. The van der Waals surface area contributed by atoms with Crippen LogP contribution in [-0.4, -0.2) is 24.6 Å². The number of hydrogen-bond donors (Lipinski definition) is 1. The summed E-state index contributed by atoms with van der Waals surface area (Å²) in [5.41, 5.74) is 2.87. The van der Waals surface area contributed by atoms with Crippen LogP contribution in [0.15, 0.2) is 24.3 Å². The van der Waals surface area contributed by atoms with Gasteiger partial charge in [0.2, 0.25) is 0 Å². The minimum absolute atomic E-state index is 0.777. The summed E-state index contributed by atoms with van der Waals surface area (Å²) in [5.74, 6) is 3.34. The second-order valence-electron chi connectivity index (χ2n) is 5.21. The van der Waals surface area contributed by atoms with Crippen LogP contribution < -0.4 is 5.32 Å². The Kier molecular flexibility index (Phi) is 9.02. The highest BCUT2D eigenvalue weighted by Crippen LogP contribution is 2.16. The summed E-state index contributed by atoms with van der Waals surface area (Å²) in [6, 6.07) is 8.97. The standard InChI is InChI=1S/C17H29NS/c1-4-18-14-17(10-7-11-19-5-2)13-16-9-6-8-15(3)12-16/h6,8-9,12,17-18H,4-5,7,10-11,13-14H2,1-3H3. The van der Waals surface area contributed by atoms with Crippen LogP contribution >= 0.6 is 11.8 Å². The molecule has 0 aliphatic rings. The Hall–Kier alpha value is -0.470. The van der Waals surface area contributed by atoms with Crippen molar-refractivity contribution >= 4 is 11.8 Å². The van der Waals surface area contributed by atoms with Crippen LogP contribution in [0, 0.1) is 12.8 Å². The van der Waals surface area contributed by atoms with Crippen LogP contribution in [0.2, 0.25) is 0 Å². The van der Waals surface area contributed by atoms with Crippen molar-refractivity contribution in [3.8, 4) is 0 Å². The SMILES string of the molecule is CCNCC(CCCSCC)Cc1cccc(C)c1. The van der Waals surface area contributed by atoms with Crippen molar-refractivity contribution in [2.75, 3.05) is 24.6 Å². The molecule has 0 saturated carbocycles. The van der Waals surface area contributed by atoms with E-state index in [1.165, 1.54) is 41.9 Å². The third-order valence-corrected chi connectivity index (χ3v) is 4.38. The van der Waals surface area contributed by atoms with Crippen molar-refractivity contribution in [2.24, 2.45) is 5.92 Å². The van der Waals surface area contributed by atoms with Gasteiger partial charge in [0, 0.05) is 0 Å². The molecule has 1 unspecified atom stereocenters. The molecule has 1 nitrogen and oxygen atoms in total. The van der Waals surface area contributed by atoms with Crippen LogP contribution in [0.5, 0.6) is 0 Å². The van der Waals surface area contributed by atoms with E-state index in [1.807, 2.05) is 0 Å². The van der Waals surface area contributed by atoms with E-state index in [-0.39, 0.29) is 0 Å². The minimum Gasteiger partial charge on any atom is -0.317 e. The van der Waals surface area contributed by atoms with Gasteiger partial charge in [0.1, 0.15) is 0 Å². The van der Waals surface area contributed by atoms with Crippen molar-refractivity contribution in [1.29, 1.82) is 0 Å². The molecule has 0 bridgehead atoms. The first-order valence-electron chi connectivity index (χ1n) is 7.60. The van der Waals surface area contributed by atoms with Crippen molar-refractivity contribution in [3.63, 3.8) is 0 Å². The van der Waals surface area contributed by atoms with Gasteiger partial charge in [-0.25, -0.2) is 0 Å². The first-order chi connectivity index (χ1) is 9.26. The summed E-state index contributed by atoms with van der Waals surface area (Å²) in [6.07, 6.45) is 3.90. The average molecular weight is 279 g/mol. The van der Waals surface area contributed by atoms with Crippen molar-refractivity contribution in [1.82, 2.24) is 5.32 Å². The molecular formula is C17H29NS. The van der Waals surface area contributed by atoms with Crippen molar-refractivity contribution < 1.29 is 0 Å². The van der Waals surface area contributed by atoms with Crippen LogP contribution in [0.1, 0.15) is 37.8 Å². The summed E-state index contributed by atoms with van der Waals surface area (Å²) >= 11 is 2.06. The van der Waals surface area contributed by atoms with Crippen molar-refractivity contribution in [2.45, 2.75) is 40.0 Å². The first kappa shape index (κ1) is 16.6. The Morgan fingerprint density at radius 3 is 2.79 bits per heavy atom. The highest BCUT2D eigenvalue weighted by atomic mass is 32.2. The molecule has 108 valence electrons. The molecule has 1 rings (SSSR count). The van der Waals surface area contributed by atoms with E-state index < -0.39 is 0 Å². The van der Waals surface area contributed by atoms with Crippen LogP contribution in [0.4, 0.5) is 0 Å². The predicted molar refractivity (Wildman–Crippen MR) is 89.1 cm³/mol. The molecule has 0 radical (unpaired) electrons. The average Bonchev–Trinajstić information content (AvgIpc) is 2.40. The Morgan fingerprint density at radius 1 is 1.26 bits per heavy atom. The molecule has 0 aliphatic heterocycles. The van der Waals surface area contributed by atoms with Crippen LogP contribution in [-0.2, 0) is 6.42 Å². The normalized spacial score (nSPS) is 12.6. The lowest BCUT2D eigenvalue weighted by Crippen LogP contribution is -2.24. The highest BCUT2D eigenvalue weighted by molar-refractivity contribution is 7.99. The maximum absolute atomic E-state index is 3.52. The zero-order valence-electron chi connectivity index (χ0n) is 12.7. The van der Waals surface area contributed by atoms with E-state index >= 15 is 0 Å². The fraction of sp³-hybridized carbons (Fsp3) is 0.647. The third-order valence-electron chi connectivity index (χ3n) is 3.40. The topological polar surface area (TPSA) is 12.0 Å². The molecule has 1 aromatic carbocycles. The minimum atomic E-state index is 0.777. The lowest BCUT2D eigenvalue weighted by Gasteiger charge is -2.17. The maximum atomic E-state index is 3.52. The molecular weight excluding hydrogens is 250 g/mol. The molecule has 0 amide bonds. The monoisotopic (exact) mass is 279 g/mol. The Bertz CT molecular complexity index is 338. The fourth-order valence-electron chi connectivity index (χ4n) is 2.42. The molecule has 0 aliphatic carbocycles. The summed E-state index contributed by atoms with van der Waals surface area (Å²) in [6.45, 7) is 8.85. The number of aryl methyl sites for hydroxylation is 1. The van der Waals surface area contributed by atoms with Crippen LogP contribution in [0.25, 0.3) is 0 Å². The molecule has 1 N–H and O–H groups in total. The number of benzene rings is 1. The Morgan fingerprint density at radius 2 is 2.11 bits per heavy atom. The smallest absolute Gasteiger partial charge is 0.00174 e. The number of rotatable bonds is 10. The molecule has 2 heteroatoms. The Balaban J connectivity index is 2.43.